The minimum atomic E-state index is -4.18. The normalized spacial score (nSPS) is 16.6. The molecule has 2 N–H and O–H groups in total. The van der Waals surface area contributed by atoms with Gasteiger partial charge in [0, 0.05) is 31.6 Å². The van der Waals surface area contributed by atoms with E-state index >= 15 is 0 Å². The number of esters is 1. The van der Waals surface area contributed by atoms with E-state index in [2.05, 4.69) is 15.2 Å². The highest BCUT2D eigenvalue weighted by Crippen LogP contribution is 2.37. The summed E-state index contributed by atoms with van der Waals surface area (Å²) in [5.41, 5.74) is 5.91. The quantitative estimate of drug-likeness (QED) is 0.274. The molecular formula is C30H41N5O7S. The molecule has 1 unspecified atom stereocenters. The molecule has 2 aromatic carbocycles. The first-order chi connectivity index (χ1) is 20.5. The van der Waals surface area contributed by atoms with Crippen LogP contribution in [0.3, 0.4) is 0 Å². The van der Waals surface area contributed by atoms with Crippen molar-refractivity contribution in [2.45, 2.75) is 59.0 Å². The second kappa shape index (κ2) is 13.8. The van der Waals surface area contributed by atoms with Crippen molar-refractivity contribution < 1.29 is 32.3 Å². The van der Waals surface area contributed by atoms with E-state index in [0.717, 1.165) is 51.8 Å². The number of aromatic nitrogens is 3. The molecule has 12 nitrogen and oxygen atoms in total. The van der Waals surface area contributed by atoms with Gasteiger partial charge in [-0.15, -0.1) is 5.10 Å². The van der Waals surface area contributed by atoms with Crippen molar-refractivity contribution in [1.29, 1.82) is 0 Å². The lowest BCUT2D eigenvalue weighted by Crippen LogP contribution is -2.38. The molecule has 4 rings (SSSR count). The Hall–Kier alpha value is -3.52. The van der Waals surface area contributed by atoms with Gasteiger partial charge in [-0.05, 0) is 81.6 Å². The fourth-order valence-electron chi connectivity index (χ4n) is 5.57. The molecule has 2 atom stereocenters. The van der Waals surface area contributed by atoms with Crippen LogP contribution in [0.4, 0.5) is 0 Å². The Morgan fingerprint density at radius 1 is 1.19 bits per heavy atom. The topological polar surface area (TPSA) is 147 Å². The molecular weight excluding hydrogens is 574 g/mol. The van der Waals surface area contributed by atoms with Gasteiger partial charge in [-0.3, -0.25) is 4.79 Å². The van der Waals surface area contributed by atoms with Crippen molar-refractivity contribution in [2.75, 3.05) is 39.9 Å². The number of aliphatic hydroxyl groups is 2. The molecule has 0 fully saturated rings. The molecule has 0 saturated heterocycles. The summed E-state index contributed by atoms with van der Waals surface area (Å²) in [6.45, 7) is 9.85. The summed E-state index contributed by atoms with van der Waals surface area (Å²) in [5, 5.41) is 27.6. The van der Waals surface area contributed by atoms with E-state index in [4.69, 9.17) is 14.0 Å². The van der Waals surface area contributed by atoms with E-state index in [1.165, 1.54) is 10.4 Å². The molecule has 0 saturated carbocycles. The van der Waals surface area contributed by atoms with E-state index < -0.39 is 22.3 Å². The van der Waals surface area contributed by atoms with E-state index in [-0.39, 0.29) is 38.1 Å². The summed E-state index contributed by atoms with van der Waals surface area (Å²) >= 11 is 0. The third kappa shape index (κ3) is 7.35. The minimum Gasteiger partial charge on any atom is -0.480 e. The van der Waals surface area contributed by atoms with Crippen molar-refractivity contribution in [3.05, 3.63) is 70.2 Å². The lowest BCUT2D eigenvalue weighted by atomic mass is 9.83. The number of hydrogen-bond donors (Lipinski definition) is 2. The largest absolute Gasteiger partial charge is 0.480 e. The van der Waals surface area contributed by atoms with Gasteiger partial charge >= 0.3 is 16.3 Å². The van der Waals surface area contributed by atoms with Crippen LogP contribution < -0.4 is 0 Å². The molecule has 3 aromatic rings. The molecule has 1 aliphatic heterocycles. The molecule has 0 bridgehead atoms. The van der Waals surface area contributed by atoms with Gasteiger partial charge in [0.15, 0.2) is 0 Å². The standard InChI is InChI=1S/C30H41N5O7S/c1-6-41-29(38)19-26(23-9-8-20(2)25(18-23)22(4)35-15-12-28(37)42-43(35,39)40)24-10-11-27-30(21(24)3)31-32-34(27)14-7-13-33(5)16-17-36/h8-12,18,22,26,36-37H,6-7,13-17,19H2,1-5H3/t22-,26?/m1/s1. The van der Waals surface area contributed by atoms with Crippen LogP contribution in [0, 0.1) is 13.8 Å². The molecule has 1 aromatic heterocycles. The first kappa shape index (κ1) is 32.4. The number of aliphatic hydroxyl groups excluding tert-OH is 2. The number of carbonyl (C=O) groups excluding carboxylic acids is 1. The van der Waals surface area contributed by atoms with Crippen LogP contribution in [-0.2, 0) is 30.6 Å². The Bertz CT molecular complexity index is 1590. The number of ether oxygens (including phenoxy) is 1. The Morgan fingerprint density at radius 3 is 2.65 bits per heavy atom. The average molecular weight is 616 g/mol. The smallest absolute Gasteiger partial charge is 0.388 e. The molecule has 0 amide bonds. The number of carbonyl (C=O) groups is 1. The summed E-state index contributed by atoms with van der Waals surface area (Å²) in [5.74, 6) is -1.36. The third-order valence-electron chi connectivity index (χ3n) is 7.94. The minimum absolute atomic E-state index is 0.0333. The van der Waals surface area contributed by atoms with Crippen LogP contribution in [0.15, 0.2) is 42.4 Å². The van der Waals surface area contributed by atoms with Crippen molar-refractivity contribution in [3.63, 3.8) is 0 Å². The molecule has 0 spiro atoms. The third-order valence-corrected chi connectivity index (χ3v) is 9.36. The number of fused-ring (bicyclic) bond motifs is 1. The number of hydrogen-bond acceptors (Lipinski definition) is 10. The fraction of sp³-hybridized carbons (Fsp3) is 0.500. The van der Waals surface area contributed by atoms with Crippen LogP contribution in [-0.4, -0.2) is 88.7 Å². The van der Waals surface area contributed by atoms with Crippen molar-refractivity contribution in [3.8, 4) is 0 Å². The lowest BCUT2D eigenvalue weighted by Gasteiger charge is -2.30. The van der Waals surface area contributed by atoms with Crippen LogP contribution in [0.2, 0.25) is 0 Å². The summed E-state index contributed by atoms with van der Waals surface area (Å²) in [7, 11) is -2.22. The first-order valence-corrected chi connectivity index (χ1v) is 15.8. The lowest BCUT2D eigenvalue weighted by molar-refractivity contribution is -0.143. The summed E-state index contributed by atoms with van der Waals surface area (Å²) in [6, 6.07) is 9.17. The van der Waals surface area contributed by atoms with Gasteiger partial charge in [0.1, 0.15) is 5.52 Å². The number of aryl methyl sites for hydroxylation is 3. The van der Waals surface area contributed by atoms with E-state index in [9.17, 15) is 18.3 Å². The maximum atomic E-state index is 12.8. The van der Waals surface area contributed by atoms with Gasteiger partial charge in [0.05, 0.1) is 31.2 Å². The second-order valence-electron chi connectivity index (χ2n) is 10.8. The highest BCUT2D eigenvalue weighted by atomic mass is 32.2. The zero-order chi connectivity index (χ0) is 31.3. The van der Waals surface area contributed by atoms with Crippen molar-refractivity contribution in [1.82, 2.24) is 24.2 Å². The Balaban J connectivity index is 1.70. The van der Waals surface area contributed by atoms with E-state index in [0.29, 0.717) is 13.1 Å². The van der Waals surface area contributed by atoms with E-state index in [1.54, 1.807) is 13.8 Å². The highest BCUT2D eigenvalue weighted by molar-refractivity contribution is 7.84. The number of rotatable bonds is 13. The SMILES string of the molecule is CCOC(=O)CC(c1ccc(C)c([C@@H](C)N2CC=C(O)OS2(=O)=O)c1)c1ccc2c(nnn2CCCN(C)CCO)c1C. The molecule has 2 heterocycles. The molecule has 43 heavy (non-hydrogen) atoms. The molecule has 0 radical (unpaired) electrons. The van der Waals surface area contributed by atoms with Gasteiger partial charge in [0.2, 0.25) is 0 Å². The van der Waals surface area contributed by atoms with Crippen molar-refractivity contribution >= 4 is 27.3 Å². The Kier molecular flexibility index (Phi) is 10.4. The average Bonchev–Trinajstić information content (AvgIpc) is 3.36. The molecule has 1 aliphatic rings. The monoisotopic (exact) mass is 615 g/mol. The van der Waals surface area contributed by atoms with Crippen LogP contribution in [0.5, 0.6) is 0 Å². The van der Waals surface area contributed by atoms with Crippen LogP contribution in [0.1, 0.15) is 66.5 Å². The zero-order valence-electron chi connectivity index (χ0n) is 25.4. The van der Waals surface area contributed by atoms with Crippen LogP contribution in [0.25, 0.3) is 11.0 Å². The Morgan fingerprint density at radius 2 is 1.95 bits per heavy atom. The maximum Gasteiger partial charge on any atom is 0.388 e. The number of likely N-dealkylation sites (N-methyl/N-ethyl adjacent to an activating group) is 1. The molecule has 0 aliphatic carbocycles. The number of benzene rings is 2. The van der Waals surface area contributed by atoms with Gasteiger partial charge in [0.25, 0.3) is 5.95 Å². The first-order valence-electron chi connectivity index (χ1n) is 14.4. The van der Waals surface area contributed by atoms with Gasteiger partial charge in [-0.1, -0.05) is 29.5 Å². The molecule has 234 valence electrons. The predicted octanol–water partition coefficient (Wildman–Crippen LogP) is 3.48. The van der Waals surface area contributed by atoms with Gasteiger partial charge in [-0.25, -0.2) is 4.68 Å². The summed E-state index contributed by atoms with van der Waals surface area (Å²) in [4.78, 5) is 14.9. The zero-order valence-corrected chi connectivity index (χ0v) is 26.2. The van der Waals surface area contributed by atoms with Gasteiger partial charge < -0.3 is 24.0 Å². The van der Waals surface area contributed by atoms with Crippen LogP contribution >= 0.6 is 0 Å². The van der Waals surface area contributed by atoms with Gasteiger partial charge in [-0.2, -0.15) is 12.7 Å². The summed E-state index contributed by atoms with van der Waals surface area (Å²) < 4.78 is 38.5. The highest BCUT2D eigenvalue weighted by Gasteiger charge is 2.34. The second-order valence-corrected chi connectivity index (χ2v) is 12.3. The van der Waals surface area contributed by atoms with E-state index in [1.807, 2.05) is 55.9 Å². The fourth-order valence-corrected chi connectivity index (χ4v) is 6.71. The maximum absolute atomic E-state index is 12.8. The molecule has 13 heteroatoms. The predicted molar refractivity (Wildman–Crippen MR) is 162 cm³/mol. The summed E-state index contributed by atoms with van der Waals surface area (Å²) in [6.07, 6.45) is 2.24. The van der Waals surface area contributed by atoms with Crippen molar-refractivity contribution in [2.24, 2.45) is 0 Å². The Labute approximate surface area is 252 Å². The number of nitrogens with zero attached hydrogens (tertiary/aromatic N) is 5.